The minimum atomic E-state index is -1.34. The number of non-ortho nitro benzene ring substituents is 1. The van der Waals surface area contributed by atoms with Crippen LogP contribution in [0, 0.1) is 43.4 Å². The fourth-order valence-electron chi connectivity index (χ4n) is 3.26. The third-order valence-corrected chi connectivity index (χ3v) is 4.41. The molecule has 9 heteroatoms. The van der Waals surface area contributed by atoms with Gasteiger partial charge < -0.3 is 4.74 Å². The maximum atomic E-state index is 12.4. The quantitative estimate of drug-likeness (QED) is 0.358. The smallest absolute Gasteiger partial charge is 0.346 e. The average Bonchev–Trinajstić information content (AvgIpc) is 3.15. The molecule has 1 saturated carbocycles. The molecule has 9 nitrogen and oxygen atoms in total. The predicted molar refractivity (Wildman–Crippen MR) is 78.9 cm³/mol. The van der Waals surface area contributed by atoms with Crippen LogP contribution in [-0.4, -0.2) is 21.4 Å². The van der Waals surface area contributed by atoms with E-state index >= 15 is 0 Å². The van der Waals surface area contributed by atoms with Crippen molar-refractivity contribution in [3.05, 3.63) is 56.1 Å². The first-order valence-electron chi connectivity index (χ1n) is 7.12. The molecule has 24 heavy (non-hydrogen) atoms. The fourth-order valence-corrected chi connectivity index (χ4v) is 3.26. The minimum absolute atomic E-state index is 0.147. The summed E-state index contributed by atoms with van der Waals surface area (Å²) in [4.78, 5) is 32.5. The molecule has 0 saturated heterocycles. The van der Waals surface area contributed by atoms with Crippen LogP contribution in [0.4, 0.5) is 11.4 Å². The van der Waals surface area contributed by atoms with E-state index in [2.05, 4.69) is 0 Å². The van der Waals surface area contributed by atoms with Crippen LogP contribution in [0.1, 0.15) is 23.2 Å². The van der Waals surface area contributed by atoms with E-state index in [9.17, 15) is 30.3 Å². The molecule has 0 amide bonds. The average molecular weight is 329 g/mol. The van der Waals surface area contributed by atoms with E-state index in [1.54, 1.807) is 0 Å². The van der Waals surface area contributed by atoms with Crippen molar-refractivity contribution in [3.8, 4) is 6.07 Å². The maximum Gasteiger partial charge on any atom is 0.346 e. The molecule has 122 valence electrons. The second-order valence-electron chi connectivity index (χ2n) is 5.80. The molecule has 0 spiro atoms. The Morgan fingerprint density at radius 1 is 1.29 bits per heavy atom. The number of nitro benzene ring substituents is 2. The lowest BCUT2D eigenvalue weighted by Crippen LogP contribution is -2.37. The number of carbonyl (C=O) groups excluding carboxylic acids is 1. The third-order valence-electron chi connectivity index (χ3n) is 4.41. The monoisotopic (exact) mass is 329 g/mol. The number of rotatable bonds is 4. The number of hydrogen-bond donors (Lipinski definition) is 0. The molecule has 1 aromatic rings. The van der Waals surface area contributed by atoms with Crippen LogP contribution in [0.2, 0.25) is 0 Å². The second-order valence-corrected chi connectivity index (χ2v) is 5.80. The van der Waals surface area contributed by atoms with Crippen molar-refractivity contribution in [2.24, 2.45) is 11.8 Å². The van der Waals surface area contributed by atoms with E-state index in [1.807, 2.05) is 18.2 Å². The molecular formula is C15H11N3O6. The molecule has 0 aliphatic heterocycles. The van der Waals surface area contributed by atoms with Crippen molar-refractivity contribution in [1.29, 1.82) is 5.26 Å². The van der Waals surface area contributed by atoms with Crippen LogP contribution in [0.5, 0.6) is 0 Å². The molecule has 3 rings (SSSR count). The van der Waals surface area contributed by atoms with Crippen LogP contribution >= 0.6 is 0 Å². The van der Waals surface area contributed by atoms with Crippen molar-refractivity contribution < 1.29 is 19.4 Å². The van der Waals surface area contributed by atoms with Crippen LogP contribution in [0.15, 0.2) is 30.4 Å². The topological polar surface area (TPSA) is 136 Å². The maximum absolute atomic E-state index is 12.4. The summed E-state index contributed by atoms with van der Waals surface area (Å²) in [6, 6.07) is 4.69. The zero-order valence-electron chi connectivity index (χ0n) is 12.2. The summed E-state index contributed by atoms with van der Waals surface area (Å²) >= 11 is 0. The second kappa shape index (κ2) is 5.42. The molecule has 3 atom stereocenters. The Hall–Kier alpha value is -3.28. The number of nitriles is 1. The Bertz CT molecular complexity index is 827. The first-order chi connectivity index (χ1) is 11.4. The number of ether oxygens (including phenoxy) is 1. The van der Waals surface area contributed by atoms with Gasteiger partial charge >= 0.3 is 5.97 Å². The van der Waals surface area contributed by atoms with Gasteiger partial charge in [0.25, 0.3) is 11.4 Å². The number of nitro groups is 2. The first-order valence-corrected chi connectivity index (χ1v) is 7.12. The summed E-state index contributed by atoms with van der Waals surface area (Å²) < 4.78 is 5.33. The normalized spacial score (nSPS) is 26.8. The predicted octanol–water partition coefficient (Wildman–Crippen LogP) is 2.52. The first kappa shape index (κ1) is 15.6. The molecule has 0 unspecified atom stereocenters. The van der Waals surface area contributed by atoms with Crippen molar-refractivity contribution >= 4 is 17.3 Å². The highest BCUT2D eigenvalue weighted by Gasteiger charge is 2.52. The number of fused-ring (bicyclic) bond motifs is 2. The van der Waals surface area contributed by atoms with Gasteiger partial charge in [-0.25, -0.2) is 4.79 Å². The van der Waals surface area contributed by atoms with Gasteiger partial charge in [-0.15, -0.1) is 0 Å². The lowest BCUT2D eigenvalue weighted by molar-refractivity contribution is -0.394. The van der Waals surface area contributed by atoms with Crippen molar-refractivity contribution in [3.63, 3.8) is 0 Å². The van der Waals surface area contributed by atoms with Gasteiger partial charge in [0, 0.05) is 18.4 Å². The van der Waals surface area contributed by atoms with Gasteiger partial charge in [-0.3, -0.25) is 20.2 Å². The molecule has 0 radical (unpaired) electrons. The Kier molecular flexibility index (Phi) is 3.52. The van der Waals surface area contributed by atoms with E-state index in [0.29, 0.717) is 18.9 Å². The molecule has 0 aromatic heterocycles. The summed E-state index contributed by atoms with van der Waals surface area (Å²) in [6.07, 6.45) is 4.82. The van der Waals surface area contributed by atoms with E-state index in [-0.39, 0.29) is 11.8 Å². The van der Waals surface area contributed by atoms with E-state index < -0.39 is 38.4 Å². The zero-order chi connectivity index (χ0) is 17.5. The van der Waals surface area contributed by atoms with Gasteiger partial charge in [-0.2, -0.15) is 5.26 Å². The van der Waals surface area contributed by atoms with Gasteiger partial charge in [-0.05, 0) is 18.4 Å². The molecule has 2 aliphatic rings. The van der Waals surface area contributed by atoms with E-state index in [1.165, 1.54) is 0 Å². The van der Waals surface area contributed by atoms with Crippen LogP contribution in [-0.2, 0) is 4.74 Å². The highest BCUT2D eigenvalue weighted by atomic mass is 16.6. The van der Waals surface area contributed by atoms with Crippen molar-refractivity contribution in [2.75, 3.05) is 0 Å². The molecule has 2 aliphatic carbocycles. The fraction of sp³-hybridized carbons (Fsp3) is 0.333. The summed E-state index contributed by atoms with van der Waals surface area (Å²) in [5.74, 6) is -1.12. The van der Waals surface area contributed by atoms with Crippen LogP contribution in [0.3, 0.4) is 0 Å². The van der Waals surface area contributed by atoms with Gasteiger partial charge in [0.05, 0.1) is 15.9 Å². The largest absolute Gasteiger partial charge is 0.439 e. The number of benzene rings is 1. The van der Waals surface area contributed by atoms with E-state index in [0.717, 1.165) is 12.1 Å². The SMILES string of the molecule is N#C[C@]1(OC(=O)c2ccc([N+](=O)[O-])cc2[N+](=O)[O-])C[C@H]2C=C[C@@H]1C2. The van der Waals surface area contributed by atoms with Crippen LogP contribution in [0.25, 0.3) is 0 Å². The van der Waals surface area contributed by atoms with E-state index in [4.69, 9.17) is 4.74 Å². The van der Waals surface area contributed by atoms with Crippen molar-refractivity contribution in [1.82, 2.24) is 0 Å². The van der Waals surface area contributed by atoms with Crippen LogP contribution < -0.4 is 0 Å². The number of carbonyl (C=O) groups is 1. The number of allylic oxidation sites excluding steroid dienone is 1. The highest BCUT2D eigenvalue weighted by Crippen LogP contribution is 2.48. The lowest BCUT2D eigenvalue weighted by atomic mass is 9.89. The summed E-state index contributed by atoms with van der Waals surface area (Å²) in [5, 5.41) is 31.3. The minimum Gasteiger partial charge on any atom is -0.439 e. The van der Waals surface area contributed by atoms with Gasteiger partial charge in [0.2, 0.25) is 5.60 Å². The molecule has 2 bridgehead atoms. The van der Waals surface area contributed by atoms with Gasteiger partial charge in [0.15, 0.2) is 0 Å². The number of hydrogen-bond acceptors (Lipinski definition) is 7. The highest BCUT2D eigenvalue weighted by molar-refractivity contribution is 5.94. The summed E-state index contributed by atoms with van der Waals surface area (Å²) in [7, 11) is 0. The third kappa shape index (κ3) is 2.38. The number of esters is 1. The summed E-state index contributed by atoms with van der Waals surface area (Å²) in [5.41, 5.74) is -2.98. The molecule has 0 heterocycles. The molecule has 1 aromatic carbocycles. The molecule has 0 N–H and O–H groups in total. The standard InChI is InChI=1S/C15H11N3O6/c16-8-15(7-9-1-2-10(15)5-9)24-14(19)12-4-3-11(17(20)21)6-13(12)18(22)23/h1-4,6,9-10H,5,7H2/t9-,10+,15+/m0/s1. The van der Waals surface area contributed by atoms with Gasteiger partial charge in [-0.1, -0.05) is 12.2 Å². The molecular weight excluding hydrogens is 318 g/mol. The molecule has 1 fully saturated rings. The number of nitrogens with zero attached hydrogens (tertiary/aromatic N) is 3. The lowest BCUT2D eigenvalue weighted by Gasteiger charge is -2.27. The Labute approximate surface area is 135 Å². The van der Waals surface area contributed by atoms with Crippen molar-refractivity contribution in [2.45, 2.75) is 18.4 Å². The zero-order valence-corrected chi connectivity index (χ0v) is 12.2. The van der Waals surface area contributed by atoms with Gasteiger partial charge in [0.1, 0.15) is 11.6 Å². The Morgan fingerprint density at radius 3 is 2.54 bits per heavy atom. The summed E-state index contributed by atoms with van der Waals surface area (Å²) in [6.45, 7) is 0. The Morgan fingerprint density at radius 2 is 2.04 bits per heavy atom. The Balaban J connectivity index is 1.93.